The lowest BCUT2D eigenvalue weighted by atomic mass is 10.1. The number of rotatable bonds is 7. The number of benzene rings is 3. The van der Waals surface area contributed by atoms with Crippen LogP contribution in [0.3, 0.4) is 0 Å². The van der Waals surface area contributed by atoms with Gasteiger partial charge in [0.15, 0.2) is 11.5 Å². The van der Waals surface area contributed by atoms with Crippen molar-refractivity contribution < 1.29 is 19.1 Å². The number of hydrogen-bond donors (Lipinski definition) is 2. The van der Waals surface area contributed by atoms with Crippen LogP contribution in [0.4, 0.5) is 5.69 Å². The smallest absolute Gasteiger partial charge is 0.253 e. The molecule has 0 saturated carbocycles. The maximum atomic E-state index is 12.9. The van der Waals surface area contributed by atoms with Gasteiger partial charge in [0.2, 0.25) is 5.91 Å². The van der Waals surface area contributed by atoms with Gasteiger partial charge in [0, 0.05) is 6.42 Å². The molecule has 0 bridgehead atoms. The third-order valence-electron chi connectivity index (χ3n) is 5.34. The van der Waals surface area contributed by atoms with E-state index in [1.165, 1.54) is 0 Å². The van der Waals surface area contributed by atoms with Crippen molar-refractivity contribution in [3.63, 3.8) is 0 Å². The molecule has 164 valence electrons. The molecule has 1 atom stereocenters. The molecule has 1 aliphatic rings. The molecule has 0 fully saturated rings. The Morgan fingerprint density at radius 3 is 2.44 bits per heavy atom. The Balaban J connectivity index is 1.37. The molecule has 0 aromatic heterocycles. The van der Waals surface area contributed by atoms with Crippen molar-refractivity contribution in [2.75, 3.05) is 18.5 Å². The lowest BCUT2D eigenvalue weighted by Gasteiger charge is -2.19. The fourth-order valence-electron chi connectivity index (χ4n) is 3.60. The second-order valence-corrected chi connectivity index (χ2v) is 7.68. The highest BCUT2D eigenvalue weighted by molar-refractivity contribution is 6.03. The zero-order valence-electron chi connectivity index (χ0n) is 18.0. The van der Waals surface area contributed by atoms with Crippen LogP contribution < -0.4 is 20.1 Å². The minimum atomic E-state index is -0.232. The lowest BCUT2D eigenvalue weighted by Crippen LogP contribution is -2.28. The molecule has 1 heterocycles. The van der Waals surface area contributed by atoms with Crippen molar-refractivity contribution in [1.29, 1.82) is 0 Å². The summed E-state index contributed by atoms with van der Waals surface area (Å²) in [5, 5.41) is 5.88. The molecular weight excluding hydrogens is 404 g/mol. The van der Waals surface area contributed by atoms with Crippen LogP contribution in [0.5, 0.6) is 11.5 Å². The van der Waals surface area contributed by atoms with Crippen LogP contribution in [0.1, 0.15) is 40.9 Å². The third-order valence-corrected chi connectivity index (χ3v) is 5.34. The summed E-state index contributed by atoms with van der Waals surface area (Å²) in [7, 11) is 0. The normalized spacial score (nSPS) is 13.2. The molecule has 6 nitrogen and oxygen atoms in total. The Hall–Kier alpha value is -3.80. The number of nitrogens with one attached hydrogen (secondary N) is 2. The van der Waals surface area contributed by atoms with Gasteiger partial charge >= 0.3 is 0 Å². The molecule has 0 radical (unpaired) electrons. The van der Waals surface area contributed by atoms with Gasteiger partial charge in [-0.2, -0.15) is 0 Å². The summed E-state index contributed by atoms with van der Waals surface area (Å²) in [6.07, 6.45) is 0.845. The first-order valence-electron chi connectivity index (χ1n) is 10.7. The molecule has 3 aromatic carbocycles. The predicted molar refractivity (Wildman–Crippen MR) is 123 cm³/mol. The van der Waals surface area contributed by atoms with Gasteiger partial charge < -0.3 is 20.1 Å². The Labute approximate surface area is 187 Å². The Morgan fingerprint density at radius 2 is 1.62 bits per heavy atom. The fourth-order valence-corrected chi connectivity index (χ4v) is 3.60. The maximum Gasteiger partial charge on any atom is 0.253 e. The lowest BCUT2D eigenvalue weighted by molar-refractivity contribution is -0.116. The van der Waals surface area contributed by atoms with E-state index in [4.69, 9.17) is 9.47 Å². The highest BCUT2D eigenvalue weighted by Gasteiger charge is 2.17. The topological polar surface area (TPSA) is 76.7 Å². The Bertz CT molecular complexity index is 1100. The van der Waals surface area contributed by atoms with Gasteiger partial charge in [0.25, 0.3) is 5.91 Å². The van der Waals surface area contributed by atoms with Gasteiger partial charge in [-0.1, -0.05) is 48.5 Å². The molecule has 2 amide bonds. The summed E-state index contributed by atoms with van der Waals surface area (Å²) >= 11 is 0. The SMILES string of the molecule is C[C@H](NC(=O)c1ccccc1NC(=O)CCc1ccc2c(c1)OCCO2)c1ccccc1. The molecule has 0 saturated heterocycles. The van der Waals surface area contributed by atoms with E-state index in [1.807, 2.05) is 55.5 Å². The highest BCUT2D eigenvalue weighted by atomic mass is 16.6. The van der Waals surface area contributed by atoms with Gasteiger partial charge in [-0.05, 0) is 48.7 Å². The van der Waals surface area contributed by atoms with E-state index in [1.54, 1.807) is 24.3 Å². The summed E-state index contributed by atoms with van der Waals surface area (Å²) in [6.45, 7) is 3.01. The van der Waals surface area contributed by atoms with Crippen LogP contribution in [0.2, 0.25) is 0 Å². The molecule has 3 aromatic rings. The van der Waals surface area contributed by atoms with E-state index in [9.17, 15) is 9.59 Å². The van der Waals surface area contributed by atoms with Crippen LogP contribution in [0.15, 0.2) is 72.8 Å². The molecule has 2 N–H and O–H groups in total. The van der Waals surface area contributed by atoms with Crippen molar-refractivity contribution >= 4 is 17.5 Å². The van der Waals surface area contributed by atoms with Gasteiger partial charge in [0.05, 0.1) is 17.3 Å². The summed E-state index contributed by atoms with van der Waals surface area (Å²) in [6, 6.07) is 22.4. The predicted octanol–water partition coefficient (Wildman–Crippen LogP) is 4.52. The quantitative estimate of drug-likeness (QED) is 0.578. The van der Waals surface area contributed by atoms with Gasteiger partial charge in [-0.3, -0.25) is 9.59 Å². The largest absolute Gasteiger partial charge is 0.486 e. The van der Waals surface area contributed by atoms with Crippen molar-refractivity contribution in [3.8, 4) is 11.5 Å². The second-order valence-electron chi connectivity index (χ2n) is 7.68. The number of hydrogen-bond acceptors (Lipinski definition) is 4. The first-order valence-corrected chi connectivity index (χ1v) is 10.7. The summed E-state index contributed by atoms with van der Waals surface area (Å²) in [4.78, 5) is 25.5. The number of para-hydroxylation sites is 1. The summed E-state index contributed by atoms with van der Waals surface area (Å²) in [5.41, 5.74) is 2.94. The van der Waals surface area contributed by atoms with E-state index >= 15 is 0 Å². The zero-order chi connectivity index (χ0) is 22.3. The first kappa shape index (κ1) is 21.4. The summed E-state index contributed by atoms with van der Waals surface area (Å²) in [5.74, 6) is 1.05. The molecule has 4 rings (SSSR count). The minimum absolute atomic E-state index is 0.150. The van der Waals surface area contributed by atoms with E-state index < -0.39 is 0 Å². The van der Waals surface area contributed by atoms with E-state index in [2.05, 4.69) is 10.6 Å². The molecule has 32 heavy (non-hydrogen) atoms. The number of anilines is 1. The molecule has 1 aliphatic heterocycles. The zero-order valence-corrected chi connectivity index (χ0v) is 18.0. The highest BCUT2D eigenvalue weighted by Crippen LogP contribution is 2.31. The molecule has 0 unspecified atom stereocenters. The number of aryl methyl sites for hydroxylation is 1. The fraction of sp³-hybridized carbons (Fsp3) is 0.231. The third kappa shape index (κ3) is 5.27. The van der Waals surface area contributed by atoms with Gasteiger partial charge in [-0.25, -0.2) is 0 Å². The summed E-state index contributed by atoms with van der Waals surface area (Å²) < 4.78 is 11.1. The Morgan fingerprint density at radius 1 is 0.906 bits per heavy atom. The van der Waals surface area contributed by atoms with Gasteiger partial charge in [-0.15, -0.1) is 0 Å². The van der Waals surface area contributed by atoms with Crippen molar-refractivity contribution in [1.82, 2.24) is 5.32 Å². The van der Waals surface area contributed by atoms with Crippen LogP contribution in [-0.2, 0) is 11.2 Å². The van der Waals surface area contributed by atoms with Crippen molar-refractivity contribution in [2.45, 2.75) is 25.8 Å². The molecular formula is C26H26N2O4. The average Bonchev–Trinajstić information content (AvgIpc) is 2.83. The van der Waals surface area contributed by atoms with E-state index in [0.717, 1.165) is 16.9 Å². The second kappa shape index (κ2) is 10.0. The average molecular weight is 431 g/mol. The standard InChI is InChI=1S/C26H26N2O4/c1-18(20-7-3-2-4-8-20)27-26(30)21-9-5-6-10-22(21)28-25(29)14-12-19-11-13-23-24(17-19)32-16-15-31-23/h2-11,13,17-18H,12,14-16H2,1H3,(H,27,30)(H,28,29)/t18-/m0/s1. The molecule has 6 heteroatoms. The van der Waals surface area contributed by atoms with Crippen LogP contribution in [0.25, 0.3) is 0 Å². The van der Waals surface area contributed by atoms with E-state index in [0.29, 0.717) is 36.6 Å². The Kier molecular flexibility index (Phi) is 6.70. The minimum Gasteiger partial charge on any atom is -0.486 e. The number of carbonyl (C=O) groups excluding carboxylic acids is 2. The monoisotopic (exact) mass is 430 g/mol. The maximum absolute atomic E-state index is 12.9. The number of amides is 2. The van der Waals surface area contributed by atoms with Crippen LogP contribution in [0, 0.1) is 0 Å². The first-order chi connectivity index (χ1) is 15.6. The molecule has 0 aliphatic carbocycles. The number of carbonyl (C=O) groups is 2. The van der Waals surface area contributed by atoms with Crippen molar-refractivity contribution in [3.05, 3.63) is 89.5 Å². The van der Waals surface area contributed by atoms with Gasteiger partial charge in [0.1, 0.15) is 13.2 Å². The van der Waals surface area contributed by atoms with Crippen molar-refractivity contribution in [2.24, 2.45) is 0 Å². The number of fused-ring (bicyclic) bond motifs is 1. The number of ether oxygens (including phenoxy) is 2. The molecule has 0 spiro atoms. The van der Waals surface area contributed by atoms with Crippen LogP contribution in [-0.4, -0.2) is 25.0 Å². The van der Waals surface area contributed by atoms with Crippen LogP contribution >= 0.6 is 0 Å². The van der Waals surface area contributed by atoms with E-state index in [-0.39, 0.29) is 24.3 Å².